The van der Waals surface area contributed by atoms with E-state index >= 15 is 0 Å². The van der Waals surface area contributed by atoms with Crippen LogP contribution in [-0.2, 0) is 16.1 Å². The highest BCUT2D eigenvalue weighted by molar-refractivity contribution is 5.76. The molecule has 2 heterocycles. The van der Waals surface area contributed by atoms with Gasteiger partial charge in [-0.1, -0.05) is 0 Å². The van der Waals surface area contributed by atoms with Crippen LogP contribution in [0.5, 0.6) is 0 Å². The molecular weight excluding hydrogens is 270 g/mol. The maximum absolute atomic E-state index is 12.3. The average Bonchev–Trinajstić information content (AvgIpc) is 2.94. The van der Waals surface area contributed by atoms with E-state index in [2.05, 4.69) is 20.4 Å². The van der Waals surface area contributed by atoms with E-state index in [0.717, 1.165) is 38.1 Å². The fourth-order valence-corrected chi connectivity index (χ4v) is 2.75. The Hall–Kier alpha value is -1.50. The number of likely N-dealkylation sites (tertiary alicyclic amines) is 1. The van der Waals surface area contributed by atoms with Gasteiger partial charge in [0.2, 0.25) is 0 Å². The topological polar surface area (TPSA) is 73.1 Å². The molecule has 3 rings (SSSR count). The first kappa shape index (κ1) is 14.4. The van der Waals surface area contributed by atoms with E-state index < -0.39 is 5.60 Å². The molecule has 1 aliphatic heterocycles. The Morgan fingerprint density at radius 3 is 2.76 bits per heavy atom. The highest BCUT2D eigenvalue weighted by atomic mass is 16.6. The van der Waals surface area contributed by atoms with Crippen LogP contribution in [0.1, 0.15) is 58.3 Å². The minimum Gasteiger partial charge on any atom is -0.459 e. The fraction of sp³-hybridized carbons (Fsp3) is 0.857. The highest BCUT2D eigenvalue weighted by Crippen LogP contribution is 2.35. The molecule has 7 heteroatoms. The standard InChI is InChI=1S/C14H23N5O2/c1-14(2,3)21-13(20)11-5-4-8-18(11)9-12-15-16-17-19(12)10-6-7-10/h10-11H,4-9H2,1-3H3/t11-/m1/s1. The smallest absolute Gasteiger partial charge is 0.323 e. The van der Waals surface area contributed by atoms with E-state index in [-0.39, 0.29) is 12.0 Å². The minimum atomic E-state index is -0.444. The van der Waals surface area contributed by atoms with Gasteiger partial charge in [-0.15, -0.1) is 5.10 Å². The van der Waals surface area contributed by atoms with Crippen molar-refractivity contribution in [3.8, 4) is 0 Å². The second kappa shape index (κ2) is 5.36. The zero-order chi connectivity index (χ0) is 15.0. The van der Waals surface area contributed by atoms with E-state index in [1.807, 2.05) is 25.5 Å². The number of hydrogen-bond acceptors (Lipinski definition) is 6. The molecule has 0 bridgehead atoms. The molecule has 1 saturated heterocycles. The Kier molecular flexibility index (Phi) is 3.69. The van der Waals surface area contributed by atoms with Gasteiger partial charge in [0.1, 0.15) is 11.6 Å². The molecule has 1 aromatic heterocycles. The summed E-state index contributed by atoms with van der Waals surface area (Å²) in [5, 5.41) is 12.0. The number of carbonyl (C=O) groups is 1. The molecule has 1 aromatic rings. The quantitative estimate of drug-likeness (QED) is 0.779. The van der Waals surface area contributed by atoms with Crippen molar-refractivity contribution in [2.45, 2.75) is 70.7 Å². The van der Waals surface area contributed by atoms with Crippen molar-refractivity contribution in [2.75, 3.05) is 6.54 Å². The van der Waals surface area contributed by atoms with Crippen LogP contribution in [0, 0.1) is 0 Å². The molecule has 1 atom stereocenters. The Balaban J connectivity index is 1.66. The van der Waals surface area contributed by atoms with Gasteiger partial charge in [-0.25, -0.2) is 4.68 Å². The van der Waals surface area contributed by atoms with Gasteiger partial charge in [-0.2, -0.15) is 0 Å². The minimum absolute atomic E-state index is 0.134. The summed E-state index contributed by atoms with van der Waals surface area (Å²) in [4.78, 5) is 14.4. The Bertz CT molecular complexity index is 518. The number of carbonyl (C=O) groups excluding carboxylic acids is 1. The first-order chi connectivity index (χ1) is 9.94. The van der Waals surface area contributed by atoms with Gasteiger partial charge in [0.25, 0.3) is 0 Å². The first-order valence-electron chi connectivity index (χ1n) is 7.68. The van der Waals surface area contributed by atoms with Crippen molar-refractivity contribution in [2.24, 2.45) is 0 Å². The van der Waals surface area contributed by atoms with Gasteiger partial charge in [-0.3, -0.25) is 9.69 Å². The zero-order valence-electron chi connectivity index (χ0n) is 12.9. The van der Waals surface area contributed by atoms with Gasteiger partial charge >= 0.3 is 5.97 Å². The summed E-state index contributed by atoms with van der Waals surface area (Å²) in [6.07, 6.45) is 4.15. The molecular formula is C14H23N5O2. The van der Waals surface area contributed by atoms with E-state index in [0.29, 0.717) is 12.6 Å². The number of aromatic nitrogens is 4. The predicted molar refractivity (Wildman–Crippen MR) is 75.4 cm³/mol. The second-order valence-corrected chi connectivity index (χ2v) is 6.93. The zero-order valence-corrected chi connectivity index (χ0v) is 12.9. The lowest BCUT2D eigenvalue weighted by atomic mass is 10.1. The maximum Gasteiger partial charge on any atom is 0.323 e. The van der Waals surface area contributed by atoms with Crippen LogP contribution in [0.4, 0.5) is 0 Å². The molecule has 0 aromatic carbocycles. The highest BCUT2D eigenvalue weighted by Gasteiger charge is 2.36. The molecule has 2 aliphatic rings. The van der Waals surface area contributed by atoms with Crippen molar-refractivity contribution >= 4 is 5.97 Å². The van der Waals surface area contributed by atoms with Gasteiger partial charge < -0.3 is 4.74 Å². The largest absolute Gasteiger partial charge is 0.459 e. The Morgan fingerprint density at radius 2 is 2.10 bits per heavy atom. The summed E-state index contributed by atoms with van der Waals surface area (Å²) in [6.45, 7) is 7.21. The van der Waals surface area contributed by atoms with Crippen LogP contribution in [0.15, 0.2) is 0 Å². The van der Waals surface area contributed by atoms with Crippen LogP contribution < -0.4 is 0 Å². The molecule has 0 N–H and O–H groups in total. The average molecular weight is 293 g/mol. The van der Waals surface area contributed by atoms with Crippen molar-refractivity contribution < 1.29 is 9.53 Å². The third-order valence-electron chi connectivity index (χ3n) is 3.84. The lowest BCUT2D eigenvalue weighted by molar-refractivity contribution is -0.160. The van der Waals surface area contributed by atoms with Crippen molar-refractivity contribution in [1.82, 2.24) is 25.1 Å². The third-order valence-corrected chi connectivity index (χ3v) is 3.84. The number of tetrazole rings is 1. The summed E-state index contributed by atoms with van der Waals surface area (Å²) < 4.78 is 7.43. The monoisotopic (exact) mass is 293 g/mol. The van der Waals surface area contributed by atoms with Gasteiger partial charge in [-0.05, 0) is 63.4 Å². The van der Waals surface area contributed by atoms with Crippen LogP contribution in [0.25, 0.3) is 0 Å². The molecule has 0 radical (unpaired) electrons. The van der Waals surface area contributed by atoms with E-state index in [4.69, 9.17) is 4.74 Å². The molecule has 2 fully saturated rings. The van der Waals surface area contributed by atoms with Gasteiger partial charge in [0.05, 0.1) is 12.6 Å². The third kappa shape index (κ3) is 3.40. The molecule has 0 spiro atoms. The van der Waals surface area contributed by atoms with Crippen LogP contribution in [0.2, 0.25) is 0 Å². The summed E-state index contributed by atoms with van der Waals surface area (Å²) in [5.41, 5.74) is -0.444. The normalized spacial score (nSPS) is 23.5. The molecule has 0 unspecified atom stereocenters. The Morgan fingerprint density at radius 1 is 1.33 bits per heavy atom. The molecule has 116 valence electrons. The number of hydrogen-bond donors (Lipinski definition) is 0. The number of nitrogens with zero attached hydrogens (tertiary/aromatic N) is 5. The van der Waals surface area contributed by atoms with Crippen LogP contribution >= 0.6 is 0 Å². The summed E-state index contributed by atoms with van der Waals surface area (Å²) in [5.74, 6) is 0.721. The Labute approximate surface area is 124 Å². The van der Waals surface area contributed by atoms with Crippen molar-refractivity contribution in [1.29, 1.82) is 0 Å². The maximum atomic E-state index is 12.3. The number of ether oxygens (including phenoxy) is 1. The van der Waals surface area contributed by atoms with E-state index in [1.165, 1.54) is 0 Å². The molecule has 21 heavy (non-hydrogen) atoms. The molecule has 7 nitrogen and oxygen atoms in total. The second-order valence-electron chi connectivity index (χ2n) is 6.93. The summed E-state index contributed by atoms with van der Waals surface area (Å²) >= 11 is 0. The lowest BCUT2D eigenvalue weighted by Gasteiger charge is -2.26. The first-order valence-corrected chi connectivity index (χ1v) is 7.68. The SMILES string of the molecule is CC(C)(C)OC(=O)[C@H]1CCCN1Cc1nnnn1C1CC1. The van der Waals surface area contributed by atoms with Crippen molar-refractivity contribution in [3.63, 3.8) is 0 Å². The predicted octanol–water partition coefficient (Wildman–Crippen LogP) is 1.31. The van der Waals surface area contributed by atoms with Gasteiger partial charge in [0, 0.05) is 0 Å². The molecule has 1 aliphatic carbocycles. The summed E-state index contributed by atoms with van der Waals surface area (Å²) in [6, 6.07) is 0.283. The number of esters is 1. The summed E-state index contributed by atoms with van der Waals surface area (Å²) in [7, 11) is 0. The van der Waals surface area contributed by atoms with E-state index in [1.54, 1.807) is 0 Å². The molecule has 1 saturated carbocycles. The van der Waals surface area contributed by atoms with Crippen molar-refractivity contribution in [3.05, 3.63) is 5.82 Å². The van der Waals surface area contributed by atoms with Gasteiger partial charge in [0.15, 0.2) is 5.82 Å². The lowest BCUT2D eigenvalue weighted by Crippen LogP contribution is -2.40. The fourth-order valence-electron chi connectivity index (χ4n) is 2.75. The van der Waals surface area contributed by atoms with Crippen LogP contribution in [0.3, 0.4) is 0 Å². The number of rotatable bonds is 4. The van der Waals surface area contributed by atoms with E-state index in [9.17, 15) is 4.79 Å². The molecule has 0 amide bonds. The van der Waals surface area contributed by atoms with Crippen LogP contribution in [-0.4, -0.2) is 49.3 Å².